The Balaban J connectivity index is 2.14. The Hall–Kier alpha value is -2.55. The van der Waals surface area contributed by atoms with Gasteiger partial charge in [-0.3, -0.25) is 0 Å². The van der Waals surface area contributed by atoms with E-state index >= 15 is 0 Å². The van der Waals surface area contributed by atoms with Crippen LogP contribution in [0.1, 0.15) is 30.5 Å². The van der Waals surface area contributed by atoms with Gasteiger partial charge in [-0.05, 0) is 38.3 Å². The molecule has 2 aromatic carbocycles. The molecule has 0 radical (unpaired) electrons. The van der Waals surface area contributed by atoms with Crippen LogP contribution < -0.4 is 5.73 Å². The van der Waals surface area contributed by atoms with Gasteiger partial charge in [-0.25, -0.2) is 4.99 Å². The first-order valence-corrected chi connectivity index (χ1v) is 8.82. The quantitative estimate of drug-likeness (QED) is 0.913. The highest BCUT2D eigenvalue weighted by atomic mass is 15.3. The monoisotopic (exact) mass is 333 g/mol. The Bertz CT molecular complexity index is 807. The Morgan fingerprint density at radius 2 is 1.88 bits per heavy atom. The lowest BCUT2D eigenvalue weighted by Gasteiger charge is -2.44. The van der Waals surface area contributed by atoms with E-state index in [0.717, 1.165) is 6.42 Å². The summed E-state index contributed by atoms with van der Waals surface area (Å²) in [6, 6.07) is 19.2. The maximum Gasteiger partial charge on any atom is 0.196 e. The molecule has 25 heavy (non-hydrogen) atoms. The fourth-order valence-electron chi connectivity index (χ4n) is 3.82. The molecule has 0 bridgehead atoms. The predicted molar refractivity (Wildman–Crippen MR) is 105 cm³/mol. The van der Waals surface area contributed by atoms with Crippen molar-refractivity contribution in [3.8, 4) is 0 Å². The van der Waals surface area contributed by atoms with Crippen LogP contribution in [0.2, 0.25) is 0 Å². The number of allylic oxidation sites excluding steroid dienone is 1. The van der Waals surface area contributed by atoms with Gasteiger partial charge in [0.1, 0.15) is 0 Å². The number of hydrogen-bond acceptors (Lipinski definition) is 3. The standard InChI is InChI=1S/C22H27N3/c1-5-20-19(15-17-11-7-6-8-12-17)22(3,24-21(23)25(20)4)18-13-9-10-16(2)14-18/h5-14,19H,15H2,1-4H3,(H2,23,24)/b20-5-/t19-,22+/m0/s1. The molecule has 0 unspecified atom stereocenters. The second kappa shape index (κ2) is 6.75. The van der Waals surface area contributed by atoms with Crippen LogP contribution in [-0.4, -0.2) is 17.9 Å². The zero-order valence-electron chi connectivity index (χ0n) is 15.5. The van der Waals surface area contributed by atoms with E-state index in [2.05, 4.69) is 81.4 Å². The number of rotatable bonds is 3. The Morgan fingerprint density at radius 1 is 1.16 bits per heavy atom. The first kappa shape index (κ1) is 17.3. The third kappa shape index (κ3) is 3.19. The van der Waals surface area contributed by atoms with Crippen LogP contribution in [0.4, 0.5) is 0 Å². The van der Waals surface area contributed by atoms with E-state index in [4.69, 9.17) is 10.7 Å². The van der Waals surface area contributed by atoms with Gasteiger partial charge in [0.2, 0.25) is 0 Å². The number of hydrogen-bond donors (Lipinski definition) is 1. The topological polar surface area (TPSA) is 41.6 Å². The fourth-order valence-corrected chi connectivity index (χ4v) is 3.82. The Labute approximate surface area is 150 Å². The molecular weight excluding hydrogens is 306 g/mol. The minimum absolute atomic E-state index is 0.221. The number of guanidine groups is 1. The second-order valence-electron chi connectivity index (χ2n) is 7.00. The molecule has 3 rings (SSSR count). The Morgan fingerprint density at radius 3 is 2.52 bits per heavy atom. The molecule has 1 heterocycles. The fraction of sp³-hybridized carbons (Fsp3) is 0.318. The summed E-state index contributed by atoms with van der Waals surface area (Å²) >= 11 is 0. The van der Waals surface area contributed by atoms with Gasteiger partial charge < -0.3 is 10.6 Å². The summed E-state index contributed by atoms with van der Waals surface area (Å²) in [6.45, 7) is 6.41. The average molecular weight is 333 g/mol. The van der Waals surface area contributed by atoms with Crippen LogP contribution in [0.5, 0.6) is 0 Å². The van der Waals surface area contributed by atoms with Crippen LogP contribution >= 0.6 is 0 Å². The second-order valence-corrected chi connectivity index (χ2v) is 7.00. The molecule has 0 fully saturated rings. The van der Waals surface area contributed by atoms with Crippen LogP contribution in [0.25, 0.3) is 0 Å². The van der Waals surface area contributed by atoms with Crippen molar-refractivity contribution in [2.45, 2.75) is 32.7 Å². The van der Waals surface area contributed by atoms with Gasteiger partial charge in [0.25, 0.3) is 0 Å². The van der Waals surface area contributed by atoms with Crippen LogP contribution in [0.3, 0.4) is 0 Å². The third-order valence-electron chi connectivity index (χ3n) is 5.29. The molecule has 0 saturated heterocycles. The molecular formula is C22H27N3. The summed E-state index contributed by atoms with van der Waals surface area (Å²) in [5, 5.41) is 0. The van der Waals surface area contributed by atoms with Crippen molar-refractivity contribution in [2.24, 2.45) is 16.6 Å². The lowest BCUT2D eigenvalue weighted by molar-refractivity contribution is 0.276. The first-order valence-electron chi connectivity index (χ1n) is 8.82. The summed E-state index contributed by atoms with van der Waals surface area (Å²) in [7, 11) is 2.00. The predicted octanol–water partition coefficient (Wildman–Crippen LogP) is 4.23. The van der Waals surface area contributed by atoms with Crippen molar-refractivity contribution in [3.05, 3.63) is 83.1 Å². The molecule has 3 nitrogen and oxygen atoms in total. The van der Waals surface area contributed by atoms with Gasteiger partial charge in [0.15, 0.2) is 5.96 Å². The van der Waals surface area contributed by atoms with E-state index in [-0.39, 0.29) is 11.5 Å². The van der Waals surface area contributed by atoms with Gasteiger partial charge in [-0.1, -0.05) is 66.2 Å². The molecule has 2 N–H and O–H groups in total. The summed E-state index contributed by atoms with van der Waals surface area (Å²) < 4.78 is 0. The molecule has 0 saturated carbocycles. The zero-order valence-corrected chi connectivity index (χ0v) is 15.5. The molecule has 0 spiro atoms. The maximum absolute atomic E-state index is 6.29. The SMILES string of the molecule is C/C=C1/[C@H](Cc2ccccc2)[C@@](C)(c2cccc(C)c2)N=C(N)N1C. The highest BCUT2D eigenvalue weighted by Gasteiger charge is 2.43. The van der Waals surface area contributed by atoms with E-state index in [1.165, 1.54) is 22.4 Å². The molecule has 1 aliphatic rings. The molecule has 130 valence electrons. The van der Waals surface area contributed by atoms with Crippen molar-refractivity contribution in [3.63, 3.8) is 0 Å². The van der Waals surface area contributed by atoms with Gasteiger partial charge >= 0.3 is 0 Å². The van der Waals surface area contributed by atoms with Gasteiger partial charge in [-0.2, -0.15) is 0 Å². The maximum atomic E-state index is 6.29. The molecule has 0 aliphatic carbocycles. The van der Waals surface area contributed by atoms with Gasteiger partial charge in [0.05, 0.1) is 5.54 Å². The molecule has 0 amide bonds. The first-order chi connectivity index (χ1) is 12.0. The molecule has 2 atom stereocenters. The minimum Gasteiger partial charge on any atom is -0.370 e. The number of aliphatic imine (C=N–C) groups is 1. The molecule has 0 aromatic heterocycles. The summed E-state index contributed by atoms with van der Waals surface area (Å²) in [5.41, 5.74) is 10.9. The van der Waals surface area contributed by atoms with Crippen molar-refractivity contribution >= 4 is 5.96 Å². The lowest BCUT2D eigenvalue weighted by atomic mass is 9.73. The summed E-state index contributed by atoms with van der Waals surface area (Å²) in [4.78, 5) is 6.98. The van der Waals surface area contributed by atoms with E-state index in [1.54, 1.807) is 0 Å². The average Bonchev–Trinajstić information content (AvgIpc) is 2.61. The zero-order chi connectivity index (χ0) is 18.0. The van der Waals surface area contributed by atoms with E-state index in [1.807, 2.05) is 11.9 Å². The van der Waals surface area contributed by atoms with E-state index in [9.17, 15) is 0 Å². The third-order valence-corrected chi connectivity index (χ3v) is 5.29. The van der Waals surface area contributed by atoms with Crippen molar-refractivity contribution < 1.29 is 0 Å². The smallest absolute Gasteiger partial charge is 0.196 e. The van der Waals surface area contributed by atoms with Crippen molar-refractivity contribution in [1.82, 2.24) is 4.90 Å². The molecule has 3 heteroatoms. The van der Waals surface area contributed by atoms with E-state index in [0.29, 0.717) is 5.96 Å². The van der Waals surface area contributed by atoms with Crippen LogP contribution in [-0.2, 0) is 12.0 Å². The van der Waals surface area contributed by atoms with Crippen molar-refractivity contribution in [1.29, 1.82) is 0 Å². The Kier molecular flexibility index (Phi) is 4.67. The number of aryl methyl sites for hydroxylation is 1. The number of nitrogens with two attached hydrogens (primary N) is 1. The lowest BCUT2D eigenvalue weighted by Crippen LogP contribution is -2.49. The molecule has 2 aromatic rings. The van der Waals surface area contributed by atoms with E-state index < -0.39 is 0 Å². The molecule has 1 aliphatic heterocycles. The van der Waals surface area contributed by atoms with Crippen molar-refractivity contribution in [2.75, 3.05) is 7.05 Å². The van der Waals surface area contributed by atoms with Crippen LogP contribution in [0.15, 0.2) is 71.4 Å². The number of nitrogens with zero attached hydrogens (tertiary/aromatic N) is 2. The van der Waals surface area contributed by atoms with Gasteiger partial charge in [0, 0.05) is 18.7 Å². The highest BCUT2D eigenvalue weighted by molar-refractivity contribution is 5.81. The minimum atomic E-state index is -0.389. The largest absolute Gasteiger partial charge is 0.370 e. The van der Waals surface area contributed by atoms with Gasteiger partial charge in [-0.15, -0.1) is 0 Å². The summed E-state index contributed by atoms with van der Waals surface area (Å²) in [5.74, 6) is 0.792. The normalized spacial score (nSPS) is 25.1. The highest BCUT2D eigenvalue weighted by Crippen LogP contribution is 2.43. The summed E-state index contributed by atoms with van der Waals surface area (Å²) in [6.07, 6.45) is 3.09. The number of benzene rings is 2. The van der Waals surface area contributed by atoms with Crippen LogP contribution in [0, 0.1) is 12.8 Å².